The molecule has 100 valence electrons. The third-order valence-corrected chi connectivity index (χ3v) is 4.17. The van der Waals surface area contributed by atoms with Gasteiger partial charge in [-0.3, -0.25) is 0 Å². The Kier molecular flexibility index (Phi) is 1.27. The topological polar surface area (TPSA) is 18.5 Å². The third kappa shape index (κ3) is 2.38. The van der Waals surface area contributed by atoms with Crippen molar-refractivity contribution in [3.05, 3.63) is 17.0 Å². The van der Waals surface area contributed by atoms with E-state index < -0.39 is 61.3 Å². The van der Waals surface area contributed by atoms with Gasteiger partial charge in [-0.2, -0.15) is 11.3 Å². The summed E-state index contributed by atoms with van der Waals surface area (Å²) in [4.78, 5) is 0. The smallest absolute Gasteiger partial charge is 0.399 e. The second kappa shape index (κ2) is 4.09. The summed E-state index contributed by atoms with van der Waals surface area (Å²) in [7, 11) is -1.15. The van der Waals surface area contributed by atoms with Gasteiger partial charge in [-0.25, -0.2) is 0 Å². The molecule has 1 aromatic heterocycles. The number of hydrogen-bond acceptors (Lipinski definition) is 3. The SMILES string of the molecule is [2H]c1sc(B2OC(C)(C)C(C)(C)O2)c([2H])c1C(C([2H])([2H])[2H])(C([2H])([2H])[2H])C([2H])([2H])[2H]. The molecule has 1 saturated heterocycles. The summed E-state index contributed by atoms with van der Waals surface area (Å²) in [6.07, 6.45) is 0. The summed E-state index contributed by atoms with van der Waals surface area (Å²) in [5.74, 6) is 0. The normalized spacial score (nSPS) is 33.6. The zero-order valence-electron chi connectivity index (χ0n) is 21.8. The molecule has 0 radical (unpaired) electrons. The Hall–Kier alpha value is -0.315. The van der Waals surface area contributed by atoms with Crippen molar-refractivity contribution in [3.8, 4) is 0 Å². The lowest BCUT2D eigenvalue weighted by Crippen LogP contribution is -2.41. The van der Waals surface area contributed by atoms with Crippen LogP contribution in [-0.4, -0.2) is 18.3 Å². The van der Waals surface area contributed by atoms with Crippen molar-refractivity contribution in [1.82, 2.24) is 0 Å². The molecule has 0 atom stereocenters. The maximum absolute atomic E-state index is 8.47. The Labute approximate surface area is 130 Å². The number of thiophene rings is 1. The Balaban J connectivity index is 2.81. The third-order valence-electron chi connectivity index (χ3n) is 3.35. The molecule has 1 fully saturated rings. The maximum Gasteiger partial charge on any atom is 0.505 e. The van der Waals surface area contributed by atoms with Crippen LogP contribution in [0.25, 0.3) is 0 Å². The van der Waals surface area contributed by atoms with Crippen LogP contribution in [-0.2, 0) is 14.7 Å². The monoisotopic (exact) mass is 277 g/mol. The molecular formula is C14H23BO2S. The van der Waals surface area contributed by atoms with Gasteiger partial charge in [0.2, 0.25) is 0 Å². The molecule has 0 amide bonds. The first kappa shape index (κ1) is 5.59. The molecule has 0 N–H and O–H groups in total. The van der Waals surface area contributed by atoms with Crippen LogP contribution in [0.15, 0.2) is 11.4 Å². The summed E-state index contributed by atoms with van der Waals surface area (Å²) in [6, 6.07) is -0.665. The molecule has 0 spiro atoms. The van der Waals surface area contributed by atoms with Crippen molar-refractivity contribution < 1.29 is 24.4 Å². The van der Waals surface area contributed by atoms with Gasteiger partial charge in [-0.05, 0) is 50.1 Å². The Bertz CT molecular complexity index is 739. The van der Waals surface area contributed by atoms with Crippen molar-refractivity contribution in [2.24, 2.45) is 0 Å². The minimum atomic E-state index is -3.54. The highest BCUT2D eigenvalue weighted by molar-refractivity contribution is 7.20. The molecule has 18 heavy (non-hydrogen) atoms. The number of rotatable bonds is 1. The molecule has 2 nitrogen and oxygen atoms in total. The van der Waals surface area contributed by atoms with Gasteiger partial charge in [0.15, 0.2) is 0 Å². The lowest BCUT2D eigenvalue weighted by molar-refractivity contribution is 0.00578. The molecule has 0 bridgehead atoms. The van der Waals surface area contributed by atoms with Crippen LogP contribution in [0.3, 0.4) is 0 Å². The first-order valence-corrected chi connectivity index (χ1v) is 6.39. The lowest BCUT2D eigenvalue weighted by atomic mass is 9.83. The van der Waals surface area contributed by atoms with Crippen molar-refractivity contribution in [2.45, 2.75) is 64.9 Å². The predicted molar refractivity (Wildman–Crippen MR) is 78.7 cm³/mol. The molecule has 1 aliphatic heterocycles. The first-order chi connectivity index (χ1) is 12.6. The minimum Gasteiger partial charge on any atom is -0.399 e. The van der Waals surface area contributed by atoms with Crippen molar-refractivity contribution in [2.75, 3.05) is 0 Å². The fourth-order valence-electron chi connectivity index (χ4n) is 1.51. The van der Waals surface area contributed by atoms with Gasteiger partial charge in [0.05, 0.1) is 13.9 Å². The van der Waals surface area contributed by atoms with Gasteiger partial charge < -0.3 is 9.31 Å². The molecule has 0 saturated carbocycles. The van der Waals surface area contributed by atoms with Crippen molar-refractivity contribution >= 4 is 23.2 Å². The molecule has 2 heterocycles. The molecule has 0 aromatic carbocycles. The largest absolute Gasteiger partial charge is 0.505 e. The molecule has 0 aliphatic carbocycles. The molecular weight excluding hydrogens is 243 g/mol. The zero-order chi connectivity index (χ0) is 23.0. The first-order valence-electron chi connectivity index (χ1n) is 11.1. The van der Waals surface area contributed by atoms with E-state index in [4.69, 9.17) is 24.4 Å². The Morgan fingerprint density at radius 2 is 1.78 bits per heavy atom. The van der Waals surface area contributed by atoms with Gasteiger partial charge in [0.25, 0.3) is 0 Å². The fourth-order valence-corrected chi connectivity index (χ4v) is 2.27. The van der Waals surface area contributed by atoms with Gasteiger partial charge in [-0.15, -0.1) is 0 Å². The van der Waals surface area contributed by atoms with Gasteiger partial charge in [-0.1, -0.05) is 20.6 Å². The predicted octanol–water partition coefficient (Wildman–Crippen LogP) is 3.34. The molecule has 4 heteroatoms. The summed E-state index contributed by atoms with van der Waals surface area (Å²) in [5.41, 5.74) is -5.86. The quantitative estimate of drug-likeness (QED) is 0.733. The van der Waals surface area contributed by atoms with Crippen LogP contribution in [0.1, 0.15) is 68.9 Å². The van der Waals surface area contributed by atoms with E-state index in [0.717, 1.165) is 0 Å². The van der Waals surface area contributed by atoms with E-state index >= 15 is 0 Å². The van der Waals surface area contributed by atoms with E-state index in [1.807, 2.05) is 0 Å². The highest BCUT2D eigenvalue weighted by Gasteiger charge is 2.52. The average Bonchev–Trinajstić information content (AvgIpc) is 2.81. The second-order valence-corrected chi connectivity index (χ2v) is 6.25. The second-order valence-electron chi connectivity index (χ2n) is 5.41. The van der Waals surface area contributed by atoms with Crippen molar-refractivity contribution in [1.29, 1.82) is 0 Å². The molecule has 1 aliphatic rings. The highest BCUT2D eigenvalue weighted by Crippen LogP contribution is 2.37. The molecule has 2 rings (SSSR count). The van der Waals surface area contributed by atoms with E-state index in [1.54, 1.807) is 27.7 Å². The van der Waals surface area contributed by atoms with Gasteiger partial charge in [0.1, 0.15) is 0 Å². The van der Waals surface area contributed by atoms with Gasteiger partial charge in [0, 0.05) is 17.1 Å². The average molecular weight is 277 g/mol. The molecule has 1 aromatic rings. The van der Waals surface area contributed by atoms with E-state index in [9.17, 15) is 0 Å². The van der Waals surface area contributed by atoms with E-state index in [2.05, 4.69) is 0 Å². The standard InChI is InChI=1S/C14H23BO2S/c1-12(2,3)10-8-11(18-9-10)15-16-13(4,5)14(6,7)17-15/h8-9H,1-7H3/i1D3,2D3,3D3,8D,9D. The van der Waals surface area contributed by atoms with Crippen LogP contribution in [0, 0.1) is 0 Å². The Morgan fingerprint density at radius 3 is 2.28 bits per heavy atom. The van der Waals surface area contributed by atoms with E-state index in [0.29, 0.717) is 11.3 Å². The Morgan fingerprint density at radius 1 is 1.22 bits per heavy atom. The van der Waals surface area contributed by atoms with Crippen LogP contribution in [0.5, 0.6) is 0 Å². The maximum atomic E-state index is 8.47. The van der Waals surface area contributed by atoms with E-state index in [1.165, 1.54) is 0 Å². The van der Waals surface area contributed by atoms with Crippen LogP contribution >= 0.6 is 11.3 Å². The summed E-state index contributed by atoms with van der Waals surface area (Å²) in [5, 5.41) is -0.622. The van der Waals surface area contributed by atoms with E-state index in [-0.39, 0.29) is 4.78 Å². The number of hydrogen-bond donors (Lipinski definition) is 0. The van der Waals surface area contributed by atoms with Crippen LogP contribution in [0.4, 0.5) is 0 Å². The highest BCUT2D eigenvalue weighted by atomic mass is 32.1. The van der Waals surface area contributed by atoms with Crippen molar-refractivity contribution in [3.63, 3.8) is 0 Å². The van der Waals surface area contributed by atoms with Crippen LogP contribution in [0.2, 0.25) is 0 Å². The minimum absolute atomic E-state index is 0.0363. The summed E-state index contributed by atoms with van der Waals surface area (Å²) in [6.45, 7) is -3.60. The zero-order valence-corrected chi connectivity index (χ0v) is 11.6. The fraction of sp³-hybridized carbons (Fsp3) is 0.714. The summed E-state index contributed by atoms with van der Waals surface area (Å²) < 4.78 is 98.6. The van der Waals surface area contributed by atoms with Gasteiger partial charge >= 0.3 is 7.12 Å². The molecule has 0 unspecified atom stereocenters. The summed E-state index contributed by atoms with van der Waals surface area (Å²) >= 11 is 0.594. The van der Waals surface area contributed by atoms with Crippen LogP contribution < -0.4 is 4.78 Å². The lowest BCUT2D eigenvalue weighted by Gasteiger charge is -2.32.